The van der Waals surface area contributed by atoms with Crippen LogP contribution in [-0.4, -0.2) is 22.5 Å². The normalized spacial score (nSPS) is 17.0. The maximum Gasteiger partial charge on any atom is 0.254 e. The molecule has 1 aliphatic heterocycles. The molecule has 3 heteroatoms. The summed E-state index contributed by atoms with van der Waals surface area (Å²) in [5, 5.41) is 10.1. The van der Waals surface area contributed by atoms with Crippen molar-refractivity contribution in [3.63, 3.8) is 0 Å². The van der Waals surface area contributed by atoms with Gasteiger partial charge in [0.15, 0.2) is 0 Å². The predicted octanol–water partition coefficient (Wildman–Crippen LogP) is 4.02. The molecule has 0 saturated heterocycles. The zero-order chi connectivity index (χ0) is 16.6. The van der Waals surface area contributed by atoms with Crippen molar-refractivity contribution in [2.24, 2.45) is 0 Å². The van der Waals surface area contributed by atoms with Crippen molar-refractivity contribution in [1.29, 1.82) is 0 Å². The molecule has 1 heterocycles. The molecule has 1 aliphatic rings. The van der Waals surface area contributed by atoms with Crippen LogP contribution >= 0.6 is 0 Å². The van der Waals surface area contributed by atoms with E-state index in [4.69, 9.17) is 0 Å². The van der Waals surface area contributed by atoms with Crippen LogP contribution in [0.2, 0.25) is 0 Å². The number of benzene rings is 2. The minimum Gasteiger partial charge on any atom is -0.507 e. The number of nitrogens with zero attached hydrogens (tertiary/aromatic N) is 1. The molecular weight excluding hydrogens is 286 g/mol. The summed E-state index contributed by atoms with van der Waals surface area (Å²) in [7, 11) is 0. The molecule has 3 nitrogen and oxygen atoms in total. The average molecular weight is 309 g/mol. The molecule has 2 aromatic carbocycles. The lowest BCUT2D eigenvalue weighted by Gasteiger charge is -2.35. The summed E-state index contributed by atoms with van der Waals surface area (Å²) in [4.78, 5) is 14.9. The van der Waals surface area contributed by atoms with E-state index in [0.717, 1.165) is 24.1 Å². The van der Waals surface area contributed by atoms with E-state index in [-0.39, 0.29) is 11.9 Å². The van der Waals surface area contributed by atoms with E-state index in [2.05, 4.69) is 25.1 Å². The molecule has 1 atom stereocenters. The molecule has 0 aromatic heterocycles. The van der Waals surface area contributed by atoms with Crippen LogP contribution in [0.5, 0.6) is 5.75 Å². The van der Waals surface area contributed by atoms with Crippen LogP contribution in [0.4, 0.5) is 0 Å². The highest BCUT2D eigenvalue weighted by atomic mass is 16.3. The summed E-state index contributed by atoms with van der Waals surface area (Å²) >= 11 is 0. The van der Waals surface area contributed by atoms with Gasteiger partial charge in [-0.1, -0.05) is 31.2 Å². The zero-order valence-corrected chi connectivity index (χ0v) is 14.0. The van der Waals surface area contributed by atoms with Gasteiger partial charge in [0, 0.05) is 12.1 Å². The molecule has 0 aliphatic carbocycles. The first kappa shape index (κ1) is 15.6. The highest BCUT2D eigenvalue weighted by Crippen LogP contribution is 2.32. The molecule has 120 valence electrons. The fraction of sp³-hybridized carbons (Fsp3) is 0.350. The van der Waals surface area contributed by atoms with Gasteiger partial charge in [-0.2, -0.15) is 0 Å². The van der Waals surface area contributed by atoms with E-state index in [1.807, 2.05) is 30.9 Å². The van der Waals surface area contributed by atoms with Crippen LogP contribution in [0, 0.1) is 6.92 Å². The minimum atomic E-state index is 0.0461. The lowest BCUT2D eigenvalue weighted by Crippen LogP contribution is -2.38. The first-order chi connectivity index (χ1) is 11.0. The van der Waals surface area contributed by atoms with Crippen molar-refractivity contribution in [2.45, 2.75) is 39.7 Å². The third kappa shape index (κ3) is 2.72. The highest BCUT2D eigenvalue weighted by molar-refractivity contribution is 5.95. The standard InChI is InChI=1S/C20H23NO2/c1-4-15-12-17(11-13(2)19(15)22)20(23)21-10-9-16-7-5-6-8-18(16)14(21)3/h5-8,11-12,14,22H,4,9-10H2,1-3H3. The van der Waals surface area contributed by atoms with Crippen molar-refractivity contribution in [2.75, 3.05) is 6.54 Å². The van der Waals surface area contributed by atoms with Crippen molar-refractivity contribution < 1.29 is 9.90 Å². The fourth-order valence-electron chi connectivity index (χ4n) is 3.46. The molecule has 0 spiro atoms. The number of amides is 1. The molecule has 0 fully saturated rings. The molecule has 0 radical (unpaired) electrons. The van der Waals surface area contributed by atoms with Crippen molar-refractivity contribution in [3.8, 4) is 5.75 Å². The van der Waals surface area contributed by atoms with E-state index < -0.39 is 0 Å². The third-order valence-corrected chi connectivity index (χ3v) is 4.86. The van der Waals surface area contributed by atoms with Gasteiger partial charge in [0.1, 0.15) is 5.75 Å². The van der Waals surface area contributed by atoms with Gasteiger partial charge in [-0.3, -0.25) is 4.79 Å². The van der Waals surface area contributed by atoms with Crippen LogP contribution in [0.15, 0.2) is 36.4 Å². The Bertz CT molecular complexity index is 751. The second-order valence-electron chi connectivity index (χ2n) is 6.28. The number of carbonyl (C=O) groups excluding carboxylic acids is 1. The maximum atomic E-state index is 13.0. The monoisotopic (exact) mass is 309 g/mol. The minimum absolute atomic E-state index is 0.0461. The number of aromatic hydroxyl groups is 1. The van der Waals surface area contributed by atoms with Gasteiger partial charge < -0.3 is 10.0 Å². The van der Waals surface area contributed by atoms with E-state index in [1.54, 1.807) is 6.07 Å². The summed E-state index contributed by atoms with van der Waals surface area (Å²) < 4.78 is 0. The Morgan fingerprint density at radius 1 is 1.30 bits per heavy atom. The number of carbonyl (C=O) groups is 1. The Hall–Kier alpha value is -2.29. The first-order valence-corrected chi connectivity index (χ1v) is 8.24. The van der Waals surface area contributed by atoms with Crippen molar-refractivity contribution >= 4 is 5.91 Å². The molecule has 23 heavy (non-hydrogen) atoms. The van der Waals surface area contributed by atoms with Gasteiger partial charge in [-0.25, -0.2) is 0 Å². The number of hydrogen-bond donors (Lipinski definition) is 1. The van der Waals surface area contributed by atoms with Gasteiger partial charge in [0.25, 0.3) is 5.91 Å². The van der Waals surface area contributed by atoms with E-state index >= 15 is 0 Å². The van der Waals surface area contributed by atoms with Crippen LogP contribution in [-0.2, 0) is 12.8 Å². The van der Waals surface area contributed by atoms with Crippen LogP contribution in [0.1, 0.15) is 52.5 Å². The van der Waals surface area contributed by atoms with E-state index in [9.17, 15) is 9.90 Å². The number of rotatable bonds is 2. The Kier molecular flexibility index (Phi) is 4.12. The Labute approximate surface area is 137 Å². The molecule has 3 rings (SSSR count). The molecule has 1 amide bonds. The van der Waals surface area contributed by atoms with Crippen molar-refractivity contribution in [3.05, 3.63) is 64.2 Å². The zero-order valence-electron chi connectivity index (χ0n) is 14.0. The lowest BCUT2D eigenvalue weighted by molar-refractivity contribution is 0.0677. The molecule has 2 aromatic rings. The Morgan fingerprint density at radius 2 is 2.04 bits per heavy atom. The second-order valence-corrected chi connectivity index (χ2v) is 6.28. The fourth-order valence-corrected chi connectivity index (χ4v) is 3.46. The smallest absolute Gasteiger partial charge is 0.254 e. The SMILES string of the molecule is CCc1cc(C(=O)N2CCc3ccccc3C2C)cc(C)c1O. The molecular formula is C20H23NO2. The van der Waals surface area contributed by atoms with E-state index in [1.165, 1.54) is 11.1 Å². The summed E-state index contributed by atoms with van der Waals surface area (Å²) in [6.45, 7) is 6.66. The quantitative estimate of drug-likeness (QED) is 0.910. The average Bonchev–Trinajstić information content (AvgIpc) is 2.57. The van der Waals surface area contributed by atoms with Crippen LogP contribution in [0.3, 0.4) is 0 Å². The molecule has 0 saturated carbocycles. The number of aryl methyl sites for hydroxylation is 2. The number of phenols is 1. The molecule has 0 bridgehead atoms. The highest BCUT2D eigenvalue weighted by Gasteiger charge is 2.28. The topological polar surface area (TPSA) is 40.5 Å². The van der Waals surface area contributed by atoms with Gasteiger partial charge in [0.2, 0.25) is 0 Å². The first-order valence-electron chi connectivity index (χ1n) is 8.24. The van der Waals surface area contributed by atoms with Gasteiger partial charge in [-0.15, -0.1) is 0 Å². The Morgan fingerprint density at radius 3 is 2.78 bits per heavy atom. The third-order valence-electron chi connectivity index (χ3n) is 4.86. The predicted molar refractivity (Wildman–Crippen MR) is 91.8 cm³/mol. The number of hydrogen-bond acceptors (Lipinski definition) is 2. The number of fused-ring (bicyclic) bond motifs is 1. The van der Waals surface area contributed by atoms with E-state index in [0.29, 0.717) is 17.7 Å². The Balaban J connectivity index is 1.94. The lowest BCUT2D eigenvalue weighted by atomic mass is 9.92. The van der Waals surface area contributed by atoms with Crippen molar-refractivity contribution in [1.82, 2.24) is 4.90 Å². The summed E-state index contributed by atoms with van der Waals surface area (Å²) in [6, 6.07) is 12.0. The van der Waals surface area contributed by atoms with Crippen LogP contribution < -0.4 is 0 Å². The summed E-state index contributed by atoms with van der Waals surface area (Å²) in [6.07, 6.45) is 1.61. The van der Waals surface area contributed by atoms with Gasteiger partial charge >= 0.3 is 0 Å². The summed E-state index contributed by atoms with van der Waals surface area (Å²) in [5.74, 6) is 0.353. The molecule has 1 N–H and O–H groups in total. The maximum absolute atomic E-state index is 13.0. The number of phenolic OH excluding ortho intramolecular Hbond substituents is 1. The largest absolute Gasteiger partial charge is 0.507 e. The van der Waals surface area contributed by atoms with Gasteiger partial charge in [0.05, 0.1) is 6.04 Å². The van der Waals surface area contributed by atoms with Gasteiger partial charge in [-0.05, 0) is 61.1 Å². The second kappa shape index (κ2) is 6.07. The van der Waals surface area contributed by atoms with Crippen LogP contribution in [0.25, 0.3) is 0 Å². The molecule has 1 unspecified atom stereocenters. The summed E-state index contributed by atoms with van der Waals surface area (Å²) in [5.41, 5.74) is 4.83.